The van der Waals surface area contributed by atoms with Crippen molar-refractivity contribution in [3.63, 3.8) is 0 Å². The summed E-state index contributed by atoms with van der Waals surface area (Å²) in [5.74, 6) is -0.284. The summed E-state index contributed by atoms with van der Waals surface area (Å²) in [4.78, 5) is 29.8. The van der Waals surface area contributed by atoms with Gasteiger partial charge in [-0.3, -0.25) is 14.5 Å². The van der Waals surface area contributed by atoms with Crippen LogP contribution in [0, 0.1) is 11.7 Å². The fourth-order valence-electron chi connectivity index (χ4n) is 4.17. The van der Waals surface area contributed by atoms with E-state index < -0.39 is 6.09 Å². The Hall–Kier alpha value is -3.75. The third kappa shape index (κ3) is 5.54. The molecule has 2 amide bonds. The molecule has 2 atom stereocenters. The van der Waals surface area contributed by atoms with Crippen molar-refractivity contribution in [2.75, 3.05) is 13.1 Å². The van der Waals surface area contributed by atoms with Crippen LogP contribution in [-0.2, 0) is 17.8 Å². The van der Waals surface area contributed by atoms with Crippen molar-refractivity contribution in [3.8, 4) is 11.3 Å². The maximum atomic E-state index is 13.3. The van der Waals surface area contributed by atoms with Gasteiger partial charge in [-0.05, 0) is 55.2 Å². The summed E-state index contributed by atoms with van der Waals surface area (Å²) in [5.41, 5.74) is 3.40. The number of benzene rings is 1. The third-order valence-corrected chi connectivity index (χ3v) is 6.06. The standard InChI is InChI=1S/C24H26FN5O3/c1-16(27-24(32)33)19-8-11-29(14-19)23(31)15-30-21(12-17-2-4-20(25)5-3-17)13-22(28-30)18-6-9-26-10-7-18/h2-7,9-10,13,16,19,27H,8,11-12,14-15H2,1H3,(H,32,33). The smallest absolute Gasteiger partial charge is 0.404 e. The van der Waals surface area contributed by atoms with Gasteiger partial charge in [0.15, 0.2) is 0 Å². The van der Waals surface area contributed by atoms with E-state index in [1.54, 1.807) is 34.1 Å². The zero-order valence-corrected chi connectivity index (χ0v) is 18.3. The number of carbonyl (C=O) groups is 2. The summed E-state index contributed by atoms with van der Waals surface area (Å²) >= 11 is 0. The Balaban J connectivity index is 1.52. The van der Waals surface area contributed by atoms with Crippen molar-refractivity contribution in [2.45, 2.75) is 32.4 Å². The lowest BCUT2D eigenvalue weighted by Gasteiger charge is -2.21. The molecule has 0 bridgehead atoms. The molecule has 1 aromatic carbocycles. The summed E-state index contributed by atoms with van der Waals surface area (Å²) in [5, 5.41) is 16.1. The lowest BCUT2D eigenvalue weighted by Crippen LogP contribution is -2.39. The van der Waals surface area contributed by atoms with Crippen LogP contribution in [0.2, 0.25) is 0 Å². The number of hydrogen-bond donors (Lipinski definition) is 2. The summed E-state index contributed by atoms with van der Waals surface area (Å²) in [6.07, 6.45) is 3.58. The number of halogens is 1. The van der Waals surface area contributed by atoms with Gasteiger partial charge in [0.25, 0.3) is 0 Å². The fourth-order valence-corrected chi connectivity index (χ4v) is 4.17. The molecule has 33 heavy (non-hydrogen) atoms. The maximum absolute atomic E-state index is 13.3. The van der Waals surface area contributed by atoms with Crippen LogP contribution in [-0.4, -0.2) is 55.9 Å². The number of rotatable bonds is 7. The van der Waals surface area contributed by atoms with E-state index in [0.717, 1.165) is 28.9 Å². The Kier molecular flexibility index (Phi) is 6.67. The molecule has 3 heterocycles. The molecule has 0 saturated carbocycles. The highest BCUT2D eigenvalue weighted by atomic mass is 19.1. The predicted molar refractivity (Wildman–Crippen MR) is 120 cm³/mol. The van der Waals surface area contributed by atoms with Gasteiger partial charge in [-0.15, -0.1) is 0 Å². The molecule has 1 fully saturated rings. The van der Waals surface area contributed by atoms with Crippen LogP contribution in [0.5, 0.6) is 0 Å². The normalized spacial score (nSPS) is 16.5. The average molecular weight is 452 g/mol. The molecule has 2 N–H and O–H groups in total. The second-order valence-electron chi connectivity index (χ2n) is 8.34. The van der Waals surface area contributed by atoms with Crippen molar-refractivity contribution in [2.24, 2.45) is 5.92 Å². The van der Waals surface area contributed by atoms with Crippen LogP contribution in [0.25, 0.3) is 11.3 Å². The number of nitrogens with one attached hydrogen (secondary N) is 1. The molecule has 2 unspecified atom stereocenters. The summed E-state index contributed by atoms with van der Waals surface area (Å²) in [7, 11) is 0. The van der Waals surface area contributed by atoms with Crippen molar-refractivity contribution >= 4 is 12.0 Å². The Morgan fingerprint density at radius 1 is 1.21 bits per heavy atom. The average Bonchev–Trinajstić information content (AvgIpc) is 3.44. The highest BCUT2D eigenvalue weighted by Gasteiger charge is 2.31. The second kappa shape index (κ2) is 9.81. The minimum atomic E-state index is -1.06. The molecule has 0 aliphatic carbocycles. The first kappa shape index (κ1) is 22.4. The van der Waals surface area contributed by atoms with E-state index in [4.69, 9.17) is 5.11 Å². The number of amides is 2. The first-order valence-electron chi connectivity index (χ1n) is 10.9. The van der Waals surface area contributed by atoms with Crippen LogP contribution in [0.15, 0.2) is 54.9 Å². The van der Waals surface area contributed by atoms with Gasteiger partial charge in [-0.2, -0.15) is 5.10 Å². The number of carbonyl (C=O) groups excluding carboxylic acids is 1. The molecule has 4 rings (SSSR count). The minimum Gasteiger partial charge on any atom is -0.465 e. The van der Waals surface area contributed by atoms with Gasteiger partial charge < -0.3 is 15.3 Å². The molecule has 0 radical (unpaired) electrons. The van der Waals surface area contributed by atoms with Gasteiger partial charge in [0.05, 0.1) is 5.69 Å². The molecular formula is C24H26FN5O3. The highest BCUT2D eigenvalue weighted by Crippen LogP contribution is 2.23. The van der Waals surface area contributed by atoms with Gasteiger partial charge in [-0.1, -0.05) is 12.1 Å². The van der Waals surface area contributed by atoms with E-state index in [1.807, 2.05) is 25.1 Å². The first-order valence-corrected chi connectivity index (χ1v) is 10.9. The van der Waals surface area contributed by atoms with Gasteiger partial charge in [0, 0.05) is 49.2 Å². The Labute approximate surface area is 191 Å². The number of nitrogens with zero attached hydrogens (tertiary/aromatic N) is 4. The van der Waals surface area contributed by atoms with E-state index in [2.05, 4.69) is 15.4 Å². The topological polar surface area (TPSA) is 100 Å². The molecule has 1 saturated heterocycles. The molecule has 1 aliphatic heterocycles. The summed E-state index contributed by atoms with van der Waals surface area (Å²) in [6, 6.07) is 11.7. The number of aromatic nitrogens is 3. The van der Waals surface area contributed by atoms with E-state index >= 15 is 0 Å². The molecule has 8 nitrogen and oxygen atoms in total. The van der Waals surface area contributed by atoms with Crippen molar-refractivity contribution in [1.29, 1.82) is 0 Å². The van der Waals surface area contributed by atoms with Crippen LogP contribution in [0.4, 0.5) is 9.18 Å². The molecule has 3 aromatic rings. The van der Waals surface area contributed by atoms with Crippen LogP contribution < -0.4 is 5.32 Å². The lowest BCUT2D eigenvalue weighted by molar-refractivity contribution is -0.131. The Bertz CT molecular complexity index is 1120. The number of carboxylic acid groups (broad SMARTS) is 1. The summed E-state index contributed by atoms with van der Waals surface area (Å²) in [6.45, 7) is 2.99. The Morgan fingerprint density at radius 3 is 2.64 bits per heavy atom. The highest BCUT2D eigenvalue weighted by molar-refractivity contribution is 5.76. The Morgan fingerprint density at radius 2 is 1.94 bits per heavy atom. The molecule has 0 spiro atoms. The monoisotopic (exact) mass is 451 g/mol. The van der Waals surface area contributed by atoms with Gasteiger partial charge in [0.2, 0.25) is 5.91 Å². The van der Waals surface area contributed by atoms with Gasteiger partial charge >= 0.3 is 6.09 Å². The molecular weight excluding hydrogens is 425 g/mol. The van der Waals surface area contributed by atoms with Crippen molar-refractivity contribution in [1.82, 2.24) is 25.0 Å². The maximum Gasteiger partial charge on any atom is 0.404 e. The zero-order chi connectivity index (χ0) is 23.4. The van der Waals surface area contributed by atoms with Crippen molar-refractivity contribution in [3.05, 3.63) is 71.9 Å². The minimum absolute atomic E-state index is 0.0650. The number of pyridine rings is 1. The SMILES string of the molecule is CC(NC(=O)O)C1CCN(C(=O)Cn2nc(-c3ccncc3)cc2Cc2ccc(F)cc2)C1. The number of likely N-dealkylation sites (tertiary alicyclic amines) is 1. The van der Waals surface area contributed by atoms with E-state index in [9.17, 15) is 14.0 Å². The van der Waals surface area contributed by atoms with Crippen LogP contribution in [0.1, 0.15) is 24.6 Å². The van der Waals surface area contributed by atoms with Crippen LogP contribution >= 0.6 is 0 Å². The molecule has 9 heteroatoms. The molecule has 2 aromatic heterocycles. The van der Waals surface area contributed by atoms with Crippen molar-refractivity contribution < 1.29 is 19.1 Å². The first-order chi connectivity index (χ1) is 15.9. The van der Waals surface area contributed by atoms with Gasteiger partial charge in [0.1, 0.15) is 12.4 Å². The second-order valence-corrected chi connectivity index (χ2v) is 8.34. The van der Waals surface area contributed by atoms with E-state index in [1.165, 1.54) is 12.1 Å². The molecule has 1 aliphatic rings. The predicted octanol–water partition coefficient (Wildman–Crippen LogP) is 3.18. The third-order valence-electron chi connectivity index (χ3n) is 6.06. The lowest BCUT2D eigenvalue weighted by atomic mass is 10.0. The quantitative estimate of drug-likeness (QED) is 0.575. The van der Waals surface area contributed by atoms with Crippen LogP contribution in [0.3, 0.4) is 0 Å². The summed E-state index contributed by atoms with van der Waals surface area (Å²) < 4.78 is 15.0. The van der Waals surface area contributed by atoms with E-state index in [0.29, 0.717) is 19.5 Å². The van der Waals surface area contributed by atoms with Gasteiger partial charge in [-0.25, -0.2) is 9.18 Å². The molecule has 172 valence electrons. The zero-order valence-electron chi connectivity index (χ0n) is 18.3. The number of hydrogen-bond acceptors (Lipinski definition) is 4. The fraction of sp³-hybridized carbons (Fsp3) is 0.333. The van der Waals surface area contributed by atoms with E-state index in [-0.39, 0.29) is 30.2 Å². The largest absolute Gasteiger partial charge is 0.465 e.